The summed E-state index contributed by atoms with van der Waals surface area (Å²) in [6.45, 7) is 2.50. The van der Waals surface area contributed by atoms with Gasteiger partial charge in [0.2, 0.25) is 0 Å². The summed E-state index contributed by atoms with van der Waals surface area (Å²) in [4.78, 5) is 34.4. The number of amides is 1. The number of hydrogen-bond donors (Lipinski definition) is 4. The third-order valence-corrected chi connectivity index (χ3v) is 3.96. The maximum atomic E-state index is 12.0. The Morgan fingerprint density at radius 1 is 1.18 bits per heavy atom. The molecular formula is C20H20N2O6. The fourth-order valence-electron chi connectivity index (χ4n) is 2.53. The van der Waals surface area contributed by atoms with Gasteiger partial charge in [0.15, 0.2) is 12.4 Å². The number of aromatic hydroxyl groups is 1. The highest BCUT2D eigenvalue weighted by molar-refractivity contribution is 5.99. The molecule has 0 aliphatic rings. The van der Waals surface area contributed by atoms with E-state index in [1.165, 1.54) is 31.2 Å². The zero-order chi connectivity index (χ0) is 20.8. The van der Waals surface area contributed by atoms with Crippen molar-refractivity contribution in [2.45, 2.75) is 20.3 Å². The predicted molar refractivity (Wildman–Crippen MR) is 101 cm³/mol. The monoisotopic (exact) mass is 384 g/mol. The summed E-state index contributed by atoms with van der Waals surface area (Å²) in [5.41, 5.74) is 1.18. The number of carbonyl (C=O) groups is 3. The molecule has 8 heteroatoms. The lowest BCUT2D eigenvalue weighted by molar-refractivity contribution is -0.121. The molecule has 2 aromatic rings. The van der Waals surface area contributed by atoms with E-state index in [0.29, 0.717) is 11.1 Å². The first-order chi connectivity index (χ1) is 13.2. The molecule has 0 unspecified atom stereocenters. The van der Waals surface area contributed by atoms with E-state index < -0.39 is 18.5 Å². The average Bonchev–Trinajstić information content (AvgIpc) is 2.62. The van der Waals surface area contributed by atoms with Gasteiger partial charge in [-0.05, 0) is 43.7 Å². The first-order valence-corrected chi connectivity index (χ1v) is 8.35. The Kier molecular flexibility index (Phi) is 6.49. The van der Waals surface area contributed by atoms with Gasteiger partial charge in [-0.1, -0.05) is 12.1 Å². The molecular weight excluding hydrogens is 364 g/mol. The highest BCUT2D eigenvalue weighted by Crippen LogP contribution is 2.30. The molecule has 0 spiro atoms. The molecule has 0 atom stereocenters. The van der Waals surface area contributed by atoms with Crippen LogP contribution >= 0.6 is 0 Å². The SMILES string of the molecule is CC(=O)c1ccc(OCC(=O)NC(=N)Cc2cccc(C(=O)O)c2)c(C)c1O. The number of aromatic carboxylic acids is 1. The Morgan fingerprint density at radius 2 is 1.89 bits per heavy atom. The summed E-state index contributed by atoms with van der Waals surface area (Å²) in [7, 11) is 0. The number of ketones is 1. The van der Waals surface area contributed by atoms with Gasteiger partial charge in [0.1, 0.15) is 17.3 Å². The molecule has 0 aliphatic heterocycles. The number of phenolic OH excluding ortho intramolecular Hbond substituents is 1. The van der Waals surface area contributed by atoms with E-state index in [9.17, 15) is 19.5 Å². The second-order valence-corrected chi connectivity index (χ2v) is 6.14. The van der Waals surface area contributed by atoms with E-state index >= 15 is 0 Å². The third kappa shape index (κ3) is 5.16. The molecule has 0 aromatic heterocycles. The molecule has 0 fully saturated rings. The van der Waals surface area contributed by atoms with E-state index in [-0.39, 0.29) is 40.7 Å². The summed E-state index contributed by atoms with van der Waals surface area (Å²) in [6.07, 6.45) is 0.0555. The topological polar surface area (TPSA) is 137 Å². The van der Waals surface area contributed by atoms with Crippen molar-refractivity contribution in [2.24, 2.45) is 0 Å². The van der Waals surface area contributed by atoms with Crippen LogP contribution in [0.15, 0.2) is 36.4 Å². The Bertz CT molecular complexity index is 952. The first-order valence-electron chi connectivity index (χ1n) is 8.35. The summed E-state index contributed by atoms with van der Waals surface area (Å²) in [5.74, 6) is -1.99. The van der Waals surface area contributed by atoms with Crippen molar-refractivity contribution in [2.75, 3.05) is 6.61 Å². The number of rotatable bonds is 7. The summed E-state index contributed by atoms with van der Waals surface area (Å²) >= 11 is 0. The van der Waals surface area contributed by atoms with Crippen molar-refractivity contribution < 1.29 is 29.3 Å². The summed E-state index contributed by atoms with van der Waals surface area (Å²) < 4.78 is 5.36. The average molecular weight is 384 g/mol. The zero-order valence-electron chi connectivity index (χ0n) is 15.4. The minimum atomic E-state index is -1.07. The van der Waals surface area contributed by atoms with E-state index in [1.54, 1.807) is 19.1 Å². The number of phenols is 1. The van der Waals surface area contributed by atoms with Crippen LogP contribution in [-0.4, -0.2) is 40.3 Å². The van der Waals surface area contributed by atoms with Gasteiger partial charge < -0.3 is 20.3 Å². The van der Waals surface area contributed by atoms with Gasteiger partial charge in [0, 0.05) is 12.0 Å². The molecule has 8 nitrogen and oxygen atoms in total. The number of amidine groups is 1. The van der Waals surface area contributed by atoms with Crippen LogP contribution < -0.4 is 10.1 Å². The molecule has 2 aromatic carbocycles. The second-order valence-electron chi connectivity index (χ2n) is 6.14. The van der Waals surface area contributed by atoms with E-state index in [4.69, 9.17) is 15.3 Å². The largest absolute Gasteiger partial charge is 0.507 e. The Labute approximate surface area is 161 Å². The maximum absolute atomic E-state index is 12.0. The smallest absolute Gasteiger partial charge is 0.335 e. The number of ether oxygens (including phenoxy) is 1. The van der Waals surface area contributed by atoms with Crippen molar-refractivity contribution in [3.63, 3.8) is 0 Å². The van der Waals surface area contributed by atoms with Crippen LogP contribution in [0.3, 0.4) is 0 Å². The van der Waals surface area contributed by atoms with E-state index in [2.05, 4.69) is 5.32 Å². The lowest BCUT2D eigenvalue weighted by Crippen LogP contribution is -2.35. The van der Waals surface area contributed by atoms with Gasteiger partial charge in [0.05, 0.1) is 11.1 Å². The molecule has 28 heavy (non-hydrogen) atoms. The zero-order valence-corrected chi connectivity index (χ0v) is 15.4. The van der Waals surface area contributed by atoms with Crippen molar-refractivity contribution in [1.82, 2.24) is 5.32 Å². The van der Waals surface area contributed by atoms with Gasteiger partial charge >= 0.3 is 5.97 Å². The molecule has 0 bridgehead atoms. The van der Waals surface area contributed by atoms with Crippen molar-refractivity contribution in [1.29, 1.82) is 5.41 Å². The number of carboxylic acid groups (broad SMARTS) is 1. The van der Waals surface area contributed by atoms with Crippen LogP contribution in [0.4, 0.5) is 0 Å². The minimum absolute atomic E-state index is 0.0555. The third-order valence-electron chi connectivity index (χ3n) is 3.96. The molecule has 146 valence electrons. The Hall–Kier alpha value is -3.68. The Balaban J connectivity index is 1.93. The molecule has 0 radical (unpaired) electrons. The fourth-order valence-corrected chi connectivity index (χ4v) is 2.53. The quantitative estimate of drug-likeness (QED) is 0.328. The van der Waals surface area contributed by atoms with Gasteiger partial charge in [-0.25, -0.2) is 4.79 Å². The minimum Gasteiger partial charge on any atom is -0.507 e. The molecule has 2 rings (SSSR count). The molecule has 0 saturated carbocycles. The number of carbonyl (C=O) groups excluding carboxylic acids is 2. The van der Waals surface area contributed by atoms with Gasteiger partial charge in [0.25, 0.3) is 5.91 Å². The van der Waals surface area contributed by atoms with E-state index in [1.807, 2.05) is 0 Å². The molecule has 4 N–H and O–H groups in total. The van der Waals surface area contributed by atoms with Gasteiger partial charge in [-0.2, -0.15) is 0 Å². The molecule has 1 amide bonds. The predicted octanol–water partition coefficient (Wildman–Crippen LogP) is 2.32. The lowest BCUT2D eigenvalue weighted by atomic mass is 10.1. The fraction of sp³-hybridized carbons (Fsp3) is 0.200. The van der Waals surface area contributed by atoms with Crippen LogP contribution in [0.25, 0.3) is 0 Å². The Morgan fingerprint density at radius 3 is 2.54 bits per heavy atom. The summed E-state index contributed by atoms with van der Waals surface area (Å²) in [5, 5.41) is 29.2. The van der Waals surface area contributed by atoms with Crippen LogP contribution in [0.5, 0.6) is 11.5 Å². The number of benzene rings is 2. The van der Waals surface area contributed by atoms with Gasteiger partial charge in [-0.15, -0.1) is 0 Å². The van der Waals surface area contributed by atoms with Crippen molar-refractivity contribution >= 4 is 23.5 Å². The van der Waals surface area contributed by atoms with Crippen LogP contribution in [-0.2, 0) is 11.2 Å². The highest BCUT2D eigenvalue weighted by Gasteiger charge is 2.14. The molecule has 0 heterocycles. The molecule has 0 saturated heterocycles. The second kappa shape index (κ2) is 8.81. The van der Waals surface area contributed by atoms with Crippen LogP contribution in [0.2, 0.25) is 0 Å². The van der Waals surface area contributed by atoms with Crippen molar-refractivity contribution in [3.05, 3.63) is 58.7 Å². The van der Waals surface area contributed by atoms with E-state index in [0.717, 1.165) is 0 Å². The van der Waals surface area contributed by atoms with Crippen molar-refractivity contribution in [3.8, 4) is 11.5 Å². The molecule has 0 aliphatic carbocycles. The number of Topliss-reactive ketones (excluding diaryl/α,β-unsaturated/α-hetero) is 1. The first kappa shape index (κ1) is 20.6. The number of hydrogen-bond acceptors (Lipinski definition) is 6. The summed E-state index contributed by atoms with van der Waals surface area (Å²) in [6, 6.07) is 9.00. The maximum Gasteiger partial charge on any atom is 0.335 e. The lowest BCUT2D eigenvalue weighted by Gasteiger charge is -2.12. The van der Waals surface area contributed by atoms with Crippen LogP contribution in [0, 0.1) is 12.3 Å². The number of nitrogens with one attached hydrogen (secondary N) is 2. The van der Waals surface area contributed by atoms with Crippen LogP contribution in [0.1, 0.15) is 38.8 Å². The standard InChI is InChI=1S/C20H20N2O6/c1-11-16(7-6-15(12(2)23)19(11)25)28-10-18(24)22-17(21)9-13-4-3-5-14(8-13)20(26)27/h3-8,25H,9-10H2,1-2H3,(H,26,27)(H2,21,22,24). The highest BCUT2D eigenvalue weighted by atomic mass is 16.5. The number of carboxylic acids is 1. The van der Waals surface area contributed by atoms with Gasteiger partial charge in [-0.3, -0.25) is 15.0 Å². The normalized spacial score (nSPS) is 10.2.